The molecule has 0 aromatic heterocycles. The maximum Gasteiger partial charge on any atom is 0.133 e. The Morgan fingerprint density at radius 2 is 1.95 bits per heavy atom. The zero-order valence-electron chi connectivity index (χ0n) is 13.2. The minimum Gasteiger partial charge on any atom is -0.496 e. The molecule has 1 unspecified atom stereocenters. The van der Waals surface area contributed by atoms with Gasteiger partial charge in [-0.15, -0.1) is 0 Å². The average molecular weight is 360 g/mol. The third kappa shape index (κ3) is 7.27. The van der Waals surface area contributed by atoms with Gasteiger partial charge < -0.3 is 19.5 Å². The highest BCUT2D eigenvalue weighted by Crippen LogP contribution is 2.27. The summed E-state index contributed by atoms with van der Waals surface area (Å²) < 4.78 is 16.6. The molecular formula is C16H26BrNO3. The molecule has 0 aliphatic heterocycles. The molecule has 1 N–H and O–H groups in total. The van der Waals surface area contributed by atoms with Crippen LogP contribution in [0.3, 0.4) is 0 Å². The number of hydrogen-bond donors (Lipinski definition) is 1. The molecule has 0 amide bonds. The lowest BCUT2D eigenvalue weighted by atomic mass is 10.1. The van der Waals surface area contributed by atoms with Crippen LogP contribution in [0.1, 0.15) is 31.4 Å². The molecule has 4 nitrogen and oxygen atoms in total. The van der Waals surface area contributed by atoms with Crippen LogP contribution in [0.15, 0.2) is 22.7 Å². The van der Waals surface area contributed by atoms with Crippen LogP contribution >= 0.6 is 15.9 Å². The van der Waals surface area contributed by atoms with Gasteiger partial charge in [-0.25, -0.2) is 0 Å². The van der Waals surface area contributed by atoms with E-state index in [0.717, 1.165) is 36.2 Å². The summed E-state index contributed by atoms with van der Waals surface area (Å²) in [6, 6.07) is 6.50. The largest absolute Gasteiger partial charge is 0.496 e. The number of benzene rings is 1. The monoisotopic (exact) mass is 359 g/mol. The van der Waals surface area contributed by atoms with E-state index in [-0.39, 0.29) is 0 Å². The topological polar surface area (TPSA) is 39.7 Å². The van der Waals surface area contributed by atoms with Crippen molar-refractivity contribution in [2.45, 2.75) is 25.8 Å². The van der Waals surface area contributed by atoms with E-state index in [4.69, 9.17) is 14.2 Å². The first-order valence-corrected chi connectivity index (χ1v) is 8.11. The summed E-state index contributed by atoms with van der Waals surface area (Å²) in [4.78, 5) is 0. The zero-order chi connectivity index (χ0) is 15.5. The predicted octanol–water partition coefficient (Wildman–Crippen LogP) is 3.55. The Bertz CT molecular complexity index is 401. The fourth-order valence-electron chi connectivity index (χ4n) is 1.96. The lowest BCUT2D eigenvalue weighted by Crippen LogP contribution is -2.20. The van der Waals surface area contributed by atoms with E-state index in [1.807, 2.05) is 6.07 Å². The molecule has 0 saturated carbocycles. The number of halogens is 1. The maximum absolute atomic E-state index is 5.43. The third-order valence-corrected chi connectivity index (χ3v) is 3.89. The standard InChI is InChI=1S/C16H26BrNO3/c1-13(14-6-7-16(20-3)15(17)12-14)18-8-4-5-9-21-11-10-19-2/h6-7,12-13,18H,4-5,8-11H2,1-3H3. The quantitative estimate of drug-likeness (QED) is 0.613. The summed E-state index contributed by atoms with van der Waals surface area (Å²) in [6.07, 6.45) is 2.17. The second-order valence-corrected chi connectivity index (χ2v) is 5.74. The molecular weight excluding hydrogens is 334 g/mol. The molecule has 1 rings (SSSR count). The molecule has 0 bridgehead atoms. The van der Waals surface area contributed by atoms with E-state index in [1.54, 1.807) is 14.2 Å². The van der Waals surface area contributed by atoms with E-state index in [9.17, 15) is 0 Å². The Kier molecular flexibility index (Phi) is 9.67. The summed E-state index contributed by atoms with van der Waals surface area (Å²) in [6.45, 7) is 5.30. The predicted molar refractivity (Wildman–Crippen MR) is 89.0 cm³/mol. The van der Waals surface area contributed by atoms with Crippen molar-refractivity contribution >= 4 is 15.9 Å². The van der Waals surface area contributed by atoms with E-state index in [1.165, 1.54) is 5.56 Å². The number of nitrogens with one attached hydrogen (secondary N) is 1. The van der Waals surface area contributed by atoms with Crippen molar-refractivity contribution in [1.29, 1.82) is 0 Å². The minimum atomic E-state index is 0.321. The van der Waals surface area contributed by atoms with Gasteiger partial charge in [-0.3, -0.25) is 0 Å². The molecule has 1 aromatic carbocycles. The summed E-state index contributed by atoms with van der Waals surface area (Å²) in [5, 5.41) is 3.52. The van der Waals surface area contributed by atoms with Gasteiger partial charge in [0.2, 0.25) is 0 Å². The summed E-state index contributed by atoms with van der Waals surface area (Å²) in [7, 11) is 3.36. The van der Waals surface area contributed by atoms with Gasteiger partial charge in [-0.1, -0.05) is 6.07 Å². The maximum atomic E-state index is 5.43. The molecule has 1 aromatic rings. The van der Waals surface area contributed by atoms with E-state index >= 15 is 0 Å². The first-order valence-electron chi connectivity index (χ1n) is 7.32. The molecule has 0 heterocycles. The van der Waals surface area contributed by atoms with Gasteiger partial charge in [0.05, 0.1) is 24.8 Å². The van der Waals surface area contributed by atoms with Crippen LogP contribution in [0.4, 0.5) is 0 Å². The van der Waals surface area contributed by atoms with Gasteiger partial charge in [0.15, 0.2) is 0 Å². The third-order valence-electron chi connectivity index (χ3n) is 3.27. The molecule has 0 radical (unpaired) electrons. The van der Waals surface area contributed by atoms with Crippen LogP contribution in [0.5, 0.6) is 5.75 Å². The second-order valence-electron chi connectivity index (χ2n) is 4.88. The molecule has 0 aliphatic rings. The summed E-state index contributed by atoms with van der Waals surface area (Å²) in [5.41, 5.74) is 1.25. The molecule has 21 heavy (non-hydrogen) atoms. The summed E-state index contributed by atoms with van der Waals surface area (Å²) >= 11 is 3.52. The Labute approximate surface area is 136 Å². The molecule has 120 valence electrons. The van der Waals surface area contributed by atoms with Gasteiger partial charge in [-0.2, -0.15) is 0 Å². The van der Waals surface area contributed by atoms with Crippen LogP contribution in [0.25, 0.3) is 0 Å². The number of methoxy groups -OCH3 is 2. The molecule has 1 atom stereocenters. The summed E-state index contributed by atoms with van der Waals surface area (Å²) in [5.74, 6) is 0.860. The number of hydrogen-bond acceptors (Lipinski definition) is 4. The second kappa shape index (κ2) is 11.0. The molecule has 0 fully saturated rings. The van der Waals surface area contributed by atoms with Crippen molar-refractivity contribution in [2.24, 2.45) is 0 Å². The van der Waals surface area contributed by atoms with Crippen molar-refractivity contribution in [3.8, 4) is 5.75 Å². The first-order chi connectivity index (χ1) is 10.2. The van der Waals surface area contributed by atoms with Gasteiger partial charge in [0.25, 0.3) is 0 Å². The van der Waals surface area contributed by atoms with Crippen molar-refractivity contribution in [3.05, 3.63) is 28.2 Å². The highest BCUT2D eigenvalue weighted by Gasteiger charge is 2.07. The van der Waals surface area contributed by atoms with Crippen molar-refractivity contribution in [3.63, 3.8) is 0 Å². The Morgan fingerprint density at radius 3 is 2.62 bits per heavy atom. The van der Waals surface area contributed by atoms with Gasteiger partial charge in [-0.05, 0) is 59.9 Å². The van der Waals surface area contributed by atoms with Crippen LogP contribution in [0.2, 0.25) is 0 Å². The normalized spacial score (nSPS) is 12.4. The average Bonchev–Trinajstić information content (AvgIpc) is 2.49. The smallest absolute Gasteiger partial charge is 0.133 e. The van der Waals surface area contributed by atoms with Crippen molar-refractivity contribution in [1.82, 2.24) is 5.32 Å². The Hall–Kier alpha value is -0.620. The molecule has 0 aliphatic carbocycles. The number of rotatable bonds is 11. The number of ether oxygens (including phenoxy) is 3. The fourth-order valence-corrected chi connectivity index (χ4v) is 2.52. The highest BCUT2D eigenvalue weighted by molar-refractivity contribution is 9.10. The lowest BCUT2D eigenvalue weighted by Gasteiger charge is -2.15. The van der Waals surface area contributed by atoms with E-state index in [0.29, 0.717) is 19.3 Å². The molecule has 0 saturated heterocycles. The Morgan fingerprint density at radius 1 is 1.14 bits per heavy atom. The molecule has 0 spiro atoms. The fraction of sp³-hybridized carbons (Fsp3) is 0.625. The lowest BCUT2D eigenvalue weighted by molar-refractivity contribution is 0.0687. The van der Waals surface area contributed by atoms with Gasteiger partial charge in [0, 0.05) is 19.8 Å². The van der Waals surface area contributed by atoms with E-state index in [2.05, 4.69) is 40.3 Å². The van der Waals surface area contributed by atoms with Crippen LogP contribution < -0.4 is 10.1 Å². The van der Waals surface area contributed by atoms with E-state index < -0.39 is 0 Å². The highest BCUT2D eigenvalue weighted by atomic mass is 79.9. The Balaban J connectivity index is 2.19. The van der Waals surface area contributed by atoms with Crippen molar-refractivity contribution < 1.29 is 14.2 Å². The van der Waals surface area contributed by atoms with Crippen LogP contribution in [-0.2, 0) is 9.47 Å². The number of unbranched alkanes of at least 4 members (excludes halogenated alkanes) is 1. The minimum absolute atomic E-state index is 0.321. The van der Waals surface area contributed by atoms with Gasteiger partial charge in [0.1, 0.15) is 5.75 Å². The SMILES string of the molecule is COCCOCCCCNC(C)c1ccc(OC)c(Br)c1. The van der Waals surface area contributed by atoms with Crippen LogP contribution in [0, 0.1) is 0 Å². The first kappa shape index (κ1) is 18.4. The zero-order valence-corrected chi connectivity index (χ0v) is 14.7. The van der Waals surface area contributed by atoms with Crippen LogP contribution in [-0.4, -0.2) is 40.6 Å². The van der Waals surface area contributed by atoms with Gasteiger partial charge >= 0.3 is 0 Å². The molecule has 5 heteroatoms. The van der Waals surface area contributed by atoms with Crippen molar-refractivity contribution in [2.75, 3.05) is 40.6 Å².